The van der Waals surface area contributed by atoms with E-state index < -0.39 is 0 Å². The van der Waals surface area contributed by atoms with Gasteiger partial charge in [-0.25, -0.2) is 4.98 Å². The molecule has 3 heterocycles. The van der Waals surface area contributed by atoms with Crippen LogP contribution in [-0.2, 0) is 0 Å². The highest BCUT2D eigenvalue weighted by molar-refractivity contribution is 5.93. The molecule has 1 aliphatic rings. The molecule has 0 spiro atoms. The molecule has 0 saturated carbocycles. The number of H-pyrrole nitrogens is 1. The number of amides is 1. The SMILES string of the molecule is COc1ccc(-c2cc(C(=O)NC3CCN(c4ccc(C)cn4)CC3)[nH]n2)cc1. The van der Waals surface area contributed by atoms with Crippen molar-refractivity contribution in [2.24, 2.45) is 0 Å². The van der Waals surface area contributed by atoms with Crippen molar-refractivity contribution in [1.82, 2.24) is 20.5 Å². The van der Waals surface area contributed by atoms with Gasteiger partial charge >= 0.3 is 0 Å². The molecule has 2 N–H and O–H groups in total. The summed E-state index contributed by atoms with van der Waals surface area (Å²) >= 11 is 0. The van der Waals surface area contributed by atoms with Gasteiger partial charge in [0.25, 0.3) is 5.91 Å². The number of pyridine rings is 1. The number of anilines is 1. The van der Waals surface area contributed by atoms with Crippen LogP contribution in [0.25, 0.3) is 11.3 Å². The van der Waals surface area contributed by atoms with Crippen LogP contribution in [0.5, 0.6) is 5.75 Å². The monoisotopic (exact) mass is 391 g/mol. The average molecular weight is 391 g/mol. The lowest BCUT2D eigenvalue weighted by Crippen LogP contribution is -2.45. The minimum Gasteiger partial charge on any atom is -0.497 e. The third kappa shape index (κ3) is 4.39. The van der Waals surface area contributed by atoms with Gasteiger partial charge < -0.3 is 15.0 Å². The average Bonchev–Trinajstić information content (AvgIpc) is 3.25. The molecule has 150 valence electrons. The third-order valence-electron chi connectivity index (χ3n) is 5.26. The Morgan fingerprint density at radius 1 is 1.17 bits per heavy atom. The lowest BCUT2D eigenvalue weighted by molar-refractivity contribution is 0.0926. The minimum absolute atomic E-state index is 0.121. The van der Waals surface area contributed by atoms with Crippen molar-refractivity contribution in [3.05, 3.63) is 59.9 Å². The second-order valence-corrected chi connectivity index (χ2v) is 7.32. The van der Waals surface area contributed by atoms with Crippen molar-refractivity contribution in [2.75, 3.05) is 25.1 Å². The van der Waals surface area contributed by atoms with E-state index in [-0.39, 0.29) is 11.9 Å². The Morgan fingerprint density at radius 2 is 1.93 bits per heavy atom. The summed E-state index contributed by atoms with van der Waals surface area (Å²) in [5.41, 5.74) is 3.29. The van der Waals surface area contributed by atoms with Gasteiger partial charge in [-0.2, -0.15) is 5.10 Å². The van der Waals surface area contributed by atoms with Gasteiger partial charge in [-0.3, -0.25) is 9.89 Å². The number of ether oxygens (including phenoxy) is 1. The largest absolute Gasteiger partial charge is 0.497 e. The minimum atomic E-state index is -0.121. The molecule has 0 aliphatic carbocycles. The van der Waals surface area contributed by atoms with E-state index in [1.807, 2.05) is 37.4 Å². The molecule has 1 fully saturated rings. The van der Waals surface area contributed by atoms with E-state index in [1.54, 1.807) is 13.2 Å². The normalized spacial score (nSPS) is 14.6. The Hall–Kier alpha value is -3.35. The molecule has 1 aliphatic heterocycles. The Labute approximate surface area is 170 Å². The fourth-order valence-corrected chi connectivity index (χ4v) is 3.51. The van der Waals surface area contributed by atoms with Gasteiger partial charge in [-0.05, 0) is 61.7 Å². The van der Waals surface area contributed by atoms with E-state index in [9.17, 15) is 4.79 Å². The summed E-state index contributed by atoms with van der Waals surface area (Å²) in [5.74, 6) is 1.66. The maximum Gasteiger partial charge on any atom is 0.269 e. The standard InChI is InChI=1S/C22H25N5O2/c1-15-3-8-21(23-14-15)27-11-9-17(10-12-27)24-22(28)20-13-19(25-26-20)16-4-6-18(29-2)7-5-16/h3-8,13-14,17H,9-12H2,1-2H3,(H,24,28)(H,25,26). The van der Waals surface area contributed by atoms with E-state index in [4.69, 9.17) is 4.74 Å². The van der Waals surface area contributed by atoms with Crippen LogP contribution in [0.1, 0.15) is 28.9 Å². The van der Waals surface area contributed by atoms with E-state index in [1.165, 1.54) is 0 Å². The molecular formula is C22H25N5O2. The van der Waals surface area contributed by atoms with Gasteiger partial charge in [0, 0.05) is 30.9 Å². The molecule has 1 aromatic carbocycles. The topological polar surface area (TPSA) is 83.1 Å². The van der Waals surface area contributed by atoms with Crippen molar-refractivity contribution >= 4 is 11.7 Å². The second-order valence-electron chi connectivity index (χ2n) is 7.32. The highest BCUT2D eigenvalue weighted by Crippen LogP contribution is 2.22. The number of nitrogens with one attached hydrogen (secondary N) is 2. The zero-order chi connectivity index (χ0) is 20.2. The Kier molecular flexibility index (Phi) is 5.46. The fraction of sp³-hybridized carbons (Fsp3) is 0.318. The number of carbonyl (C=O) groups is 1. The lowest BCUT2D eigenvalue weighted by Gasteiger charge is -2.33. The fourth-order valence-electron chi connectivity index (χ4n) is 3.51. The summed E-state index contributed by atoms with van der Waals surface area (Å²) in [6, 6.07) is 13.7. The smallest absolute Gasteiger partial charge is 0.269 e. The molecule has 1 saturated heterocycles. The summed E-state index contributed by atoms with van der Waals surface area (Å²) in [5, 5.41) is 10.2. The first-order valence-corrected chi connectivity index (χ1v) is 9.80. The van der Waals surface area contributed by atoms with Crippen LogP contribution in [0.3, 0.4) is 0 Å². The van der Waals surface area contributed by atoms with Crippen molar-refractivity contribution in [3.8, 4) is 17.0 Å². The van der Waals surface area contributed by atoms with Crippen LogP contribution in [0.15, 0.2) is 48.7 Å². The van der Waals surface area contributed by atoms with Crippen LogP contribution >= 0.6 is 0 Å². The highest BCUT2D eigenvalue weighted by atomic mass is 16.5. The van der Waals surface area contributed by atoms with Gasteiger partial charge in [0.15, 0.2) is 0 Å². The number of piperidine rings is 1. The van der Waals surface area contributed by atoms with Crippen molar-refractivity contribution in [1.29, 1.82) is 0 Å². The summed E-state index contributed by atoms with van der Waals surface area (Å²) < 4.78 is 5.17. The number of hydrogen-bond donors (Lipinski definition) is 2. The highest BCUT2D eigenvalue weighted by Gasteiger charge is 2.22. The zero-order valence-corrected chi connectivity index (χ0v) is 16.7. The summed E-state index contributed by atoms with van der Waals surface area (Å²) in [6.07, 6.45) is 3.67. The number of rotatable bonds is 5. The maximum atomic E-state index is 12.6. The third-order valence-corrected chi connectivity index (χ3v) is 5.26. The molecule has 3 aromatic rings. The van der Waals surface area contributed by atoms with Gasteiger partial charge in [-0.1, -0.05) is 6.07 Å². The van der Waals surface area contributed by atoms with E-state index in [2.05, 4.69) is 37.5 Å². The van der Waals surface area contributed by atoms with E-state index in [0.29, 0.717) is 5.69 Å². The molecule has 0 atom stereocenters. The summed E-state index contributed by atoms with van der Waals surface area (Å²) in [4.78, 5) is 19.4. The first-order chi connectivity index (χ1) is 14.1. The number of methoxy groups -OCH3 is 1. The van der Waals surface area contributed by atoms with E-state index in [0.717, 1.165) is 54.3 Å². The molecule has 0 unspecified atom stereocenters. The Morgan fingerprint density at radius 3 is 2.59 bits per heavy atom. The molecule has 2 aromatic heterocycles. The molecule has 0 bridgehead atoms. The zero-order valence-electron chi connectivity index (χ0n) is 16.7. The van der Waals surface area contributed by atoms with Gasteiger partial charge in [0.1, 0.15) is 17.3 Å². The predicted octanol–water partition coefficient (Wildman–Crippen LogP) is 3.19. The number of carbonyl (C=O) groups excluding carboxylic acids is 1. The molecule has 0 radical (unpaired) electrons. The number of nitrogens with zero attached hydrogens (tertiary/aromatic N) is 3. The van der Waals surface area contributed by atoms with Crippen LogP contribution in [-0.4, -0.2) is 47.3 Å². The van der Waals surface area contributed by atoms with Gasteiger partial charge in [0.05, 0.1) is 12.8 Å². The molecule has 4 rings (SSSR count). The predicted molar refractivity (Wildman–Crippen MR) is 112 cm³/mol. The van der Waals surface area contributed by atoms with Crippen LogP contribution < -0.4 is 15.0 Å². The van der Waals surface area contributed by atoms with Crippen molar-refractivity contribution < 1.29 is 9.53 Å². The first kappa shape index (κ1) is 19.0. The number of hydrogen-bond acceptors (Lipinski definition) is 5. The van der Waals surface area contributed by atoms with Crippen molar-refractivity contribution in [2.45, 2.75) is 25.8 Å². The number of aromatic amines is 1. The molecule has 1 amide bonds. The number of aryl methyl sites for hydroxylation is 1. The summed E-state index contributed by atoms with van der Waals surface area (Å²) in [6.45, 7) is 3.79. The number of benzene rings is 1. The number of aromatic nitrogens is 3. The Balaban J connectivity index is 1.33. The first-order valence-electron chi connectivity index (χ1n) is 9.80. The van der Waals surface area contributed by atoms with Crippen molar-refractivity contribution in [3.63, 3.8) is 0 Å². The lowest BCUT2D eigenvalue weighted by atomic mass is 10.0. The quantitative estimate of drug-likeness (QED) is 0.698. The second kappa shape index (κ2) is 8.34. The van der Waals surface area contributed by atoms with Crippen LogP contribution in [0.2, 0.25) is 0 Å². The molecular weight excluding hydrogens is 366 g/mol. The maximum absolute atomic E-state index is 12.6. The van der Waals surface area contributed by atoms with Gasteiger partial charge in [0.2, 0.25) is 0 Å². The molecule has 7 nitrogen and oxygen atoms in total. The van der Waals surface area contributed by atoms with Crippen LogP contribution in [0, 0.1) is 6.92 Å². The molecule has 29 heavy (non-hydrogen) atoms. The van der Waals surface area contributed by atoms with Crippen LogP contribution in [0.4, 0.5) is 5.82 Å². The molecule has 7 heteroatoms. The summed E-state index contributed by atoms with van der Waals surface area (Å²) in [7, 11) is 1.63. The van der Waals surface area contributed by atoms with Gasteiger partial charge in [-0.15, -0.1) is 0 Å². The Bertz CT molecular complexity index is 958. The van der Waals surface area contributed by atoms with E-state index >= 15 is 0 Å².